The topological polar surface area (TPSA) is 54.0 Å². The van der Waals surface area contributed by atoms with E-state index in [9.17, 15) is 4.79 Å². The molecule has 1 aromatic heterocycles. The molecule has 0 radical (unpaired) electrons. The molecule has 0 fully saturated rings. The second-order valence-corrected chi connectivity index (χ2v) is 6.75. The Kier molecular flexibility index (Phi) is 5.02. The Bertz CT molecular complexity index is 1120. The Balaban J connectivity index is 1.36. The number of nitrogens with one attached hydrogen (secondary N) is 2. The van der Waals surface area contributed by atoms with Crippen molar-refractivity contribution in [2.45, 2.75) is 13.5 Å². The molecule has 0 unspecified atom stereocenters. The van der Waals surface area contributed by atoms with Crippen molar-refractivity contribution < 1.29 is 4.79 Å². The minimum atomic E-state index is -0.222. The molecule has 0 saturated carbocycles. The van der Waals surface area contributed by atoms with E-state index < -0.39 is 0 Å². The predicted molar refractivity (Wildman–Crippen MR) is 114 cm³/mol. The standard InChI is InChI=1S/C24H21N3O/c1-17-14-22(12-13-25-17)20-8-10-23(11-9-20)27-24(28)26-16-18-6-7-19-4-2-3-5-21(19)15-18/h2-15H,16H2,1H3,(H2,26,27,28). The van der Waals surface area contributed by atoms with Gasteiger partial charge < -0.3 is 10.6 Å². The first kappa shape index (κ1) is 17.7. The number of urea groups is 1. The molecule has 138 valence electrons. The highest BCUT2D eigenvalue weighted by molar-refractivity contribution is 5.89. The number of hydrogen-bond donors (Lipinski definition) is 2. The van der Waals surface area contributed by atoms with E-state index in [1.54, 1.807) is 6.20 Å². The van der Waals surface area contributed by atoms with Crippen molar-refractivity contribution in [3.8, 4) is 11.1 Å². The van der Waals surface area contributed by atoms with E-state index in [1.165, 1.54) is 10.8 Å². The molecule has 1 heterocycles. The lowest BCUT2D eigenvalue weighted by molar-refractivity contribution is 0.251. The van der Waals surface area contributed by atoms with Crippen LogP contribution >= 0.6 is 0 Å². The van der Waals surface area contributed by atoms with Crippen LogP contribution in [-0.2, 0) is 6.54 Å². The van der Waals surface area contributed by atoms with Crippen LogP contribution in [0.4, 0.5) is 10.5 Å². The maximum Gasteiger partial charge on any atom is 0.319 e. The first-order chi connectivity index (χ1) is 13.7. The Labute approximate surface area is 164 Å². The fraction of sp³-hybridized carbons (Fsp3) is 0.0833. The average molecular weight is 367 g/mol. The zero-order valence-corrected chi connectivity index (χ0v) is 15.6. The van der Waals surface area contributed by atoms with Crippen LogP contribution in [0.15, 0.2) is 85.1 Å². The van der Waals surface area contributed by atoms with Crippen LogP contribution in [0.25, 0.3) is 21.9 Å². The molecule has 2 N–H and O–H groups in total. The molecular formula is C24H21N3O. The second kappa shape index (κ2) is 7.92. The summed E-state index contributed by atoms with van der Waals surface area (Å²) >= 11 is 0. The zero-order valence-electron chi connectivity index (χ0n) is 15.6. The van der Waals surface area contributed by atoms with Crippen molar-refractivity contribution in [1.82, 2.24) is 10.3 Å². The minimum absolute atomic E-state index is 0.222. The Morgan fingerprint density at radius 3 is 2.43 bits per heavy atom. The van der Waals surface area contributed by atoms with Gasteiger partial charge >= 0.3 is 6.03 Å². The van der Waals surface area contributed by atoms with Gasteiger partial charge in [-0.25, -0.2) is 4.79 Å². The summed E-state index contributed by atoms with van der Waals surface area (Å²) in [5.74, 6) is 0. The number of pyridine rings is 1. The maximum atomic E-state index is 12.2. The van der Waals surface area contributed by atoms with Gasteiger partial charge in [0.25, 0.3) is 0 Å². The number of amides is 2. The van der Waals surface area contributed by atoms with Crippen molar-refractivity contribution in [2.75, 3.05) is 5.32 Å². The molecule has 0 bridgehead atoms. The maximum absolute atomic E-state index is 12.2. The summed E-state index contributed by atoms with van der Waals surface area (Å²) in [5.41, 5.74) is 5.00. The van der Waals surface area contributed by atoms with Crippen LogP contribution < -0.4 is 10.6 Å². The molecular weight excluding hydrogens is 346 g/mol. The number of nitrogens with zero attached hydrogens (tertiary/aromatic N) is 1. The monoisotopic (exact) mass is 367 g/mol. The number of aryl methyl sites for hydroxylation is 1. The summed E-state index contributed by atoms with van der Waals surface area (Å²) < 4.78 is 0. The quantitative estimate of drug-likeness (QED) is 0.498. The first-order valence-corrected chi connectivity index (χ1v) is 9.23. The van der Waals surface area contributed by atoms with Gasteiger partial charge in [-0.3, -0.25) is 4.98 Å². The highest BCUT2D eigenvalue weighted by Gasteiger charge is 2.04. The van der Waals surface area contributed by atoms with Gasteiger partial charge in [-0.05, 0) is 64.7 Å². The van der Waals surface area contributed by atoms with Gasteiger partial charge in [0.15, 0.2) is 0 Å². The van der Waals surface area contributed by atoms with Crippen molar-refractivity contribution >= 4 is 22.5 Å². The molecule has 28 heavy (non-hydrogen) atoms. The highest BCUT2D eigenvalue weighted by Crippen LogP contribution is 2.21. The SMILES string of the molecule is Cc1cc(-c2ccc(NC(=O)NCc3ccc4ccccc4c3)cc2)ccn1. The number of anilines is 1. The number of aromatic nitrogens is 1. The smallest absolute Gasteiger partial charge is 0.319 e. The van der Waals surface area contributed by atoms with Crippen LogP contribution in [0, 0.1) is 6.92 Å². The second-order valence-electron chi connectivity index (χ2n) is 6.75. The van der Waals surface area contributed by atoms with E-state index in [2.05, 4.69) is 39.9 Å². The number of fused-ring (bicyclic) bond motifs is 1. The fourth-order valence-corrected chi connectivity index (χ4v) is 3.18. The summed E-state index contributed by atoms with van der Waals surface area (Å²) in [6.07, 6.45) is 1.80. The fourth-order valence-electron chi connectivity index (χ4n) is 3.18. The number of rotatable bonds is 4. The normalized spacial score (nSPS) is 10.6. The molecule has 0 atom stereocenters. The lowest BCUT2D eigenvalue weighted by Crippen LogP contribution is -2.28. The number of carbonyl (C=O) groups excluding carboxylic acids is 1. The highest BCUT2D eigenvalue weighted by atomic mass is 16.2. The third kappa shape index (κ3) is 4.18. The average Bonchev–Trinajstić information content (AvgIpc) is 2.73. The minimum Gasteiger partial charge on any atom is -0.334 e. The van der Waals surface area contributed by atoms with E-state index in [-0.39, 0.29) is 6.03 Å². The van der Waals surface area contributed by atoms with E-state index in [1.807, 2.05) is 61.5 Å². The van der Waals surface area contributed by atoms with Crippen LogP contribution in [0.2, 0.25) is 0 Å². The molecule has 4 nitrogen and oxygen atoms in total. The van der Waals surface area contributed by atoms with Crippen molar-refractivity contribution in [2.24, 2.45) is 0 Å². The Hall–Kier alpha value is -3.66. The molecule has 0 spiro atoms. The van der Waals surface area contributed by atoms with Gasteiger partial charge in [-0.1, -0.05) is 48.5 Å². The van der Waals surface area contributed by atoms with Gasteiger partial charge in [-0.15, -0.1) is 0 Å². The third-order valence-corrected chi connectivity index (χ3v) is 4.64. The summed E-state index contributed by atoms with van der Waals surface area (Å²) in [5, 5.41) is 8.15. The molecule has 0 aliphatic carbocycles. The van der Waals surface area contributed by atoms with Crippen LogP contribution in [-0.4, -0.2) is 11.0 Å². The number of carbonyl (C=O) groups is 1. The molecule has 4 heteroatoms. The summed E-state index contributed by atoms with van der Waals surface area (Å²) in [6, 6.07) is 26.0. The molecule has 0 saturated heterocycles. The molecule has 0 aliphatic heterocycles. The Morgan fingerprint density at radius 2 is 1.64 bits per heavy atom. The van der Waals surface area contributed by atoms with Gasteiger partial charge in [0.05, 0.1) is 0 Å². The van der Waals surface area contributed by atoms with Crippen LogP contribution in [0.5, 0.6) is 0 Å². The zero-order chi connectivity index (χ0) is 19.3. The number of benzene rings is 3. The van der Waals surface area contributed by atoms with E-state index >= 15 is 0 Å². The van der Waals surface area contributed by atoms with Gasteiger partial charge in [0.1, 0.15) is 0 Å². The summed E-state index contributed by atoms with van der Waals surface area (Å²) in [7, 11) is 0. The van der Waals surface area contributed by atoms with Gasteiger partial charge in [-0.2, -0.15) is 0 Å². The largest absolute Gasteiger partial charge is 0.334 e. The van der Waals surface area contributed by atoms with E-state index in [4.69, 9.17) is 0 Å². The number of hydrogen-bond acceptors (Lipinski definition) is 2. The third-order valence-electron chi connectivity index (χ3n) is 4.64. The molecule has 4 rings (SSSR count). The molecule has 0 aliphatic rings. The lowest BCUT2D eigenvalue weighted by Gasteiger charge is -2.09. The summed E-state index contributed by atoms with van der Waals surface area (Å²) in [4.78, 5) is 16.4. The van der Waals surface area contributed by atoms with Crippen LogP contribution in [0.3, 0.4) is 0 Å². The molecule has 2 amide bonds. The van der Waals surface area contributed by atoms with Crippen molar-refractivity contribution in [3.05, 3.63) is 96.3 Å². The van der Waals surface area contributed by atoms with Crippen LogP contribution in [0.1, 0.15) is 11.3 Å². The summed E-state index contributed by atoms with van der Waals surface area (Å²) in [6.45, 7) is 2.45. The van der Waals surface area contributed by atoms with Gasteiger partial charge in [0.2, 0.25) is 0 Å². The van der Waals surface area contributed by atoms with E-state index in [0.717, 1.165) is 28.1 Å². The predicted octanol–water partition coefficient (Wildman–Crippen LogP) is 5.53. The molecule has 3 aromatic carbocycles. The molecule has 4 aromatic rings. The van der Waals surface area contributed by atoms with Gasteiger partial charge in [0, 0.05) is 24.1 Å². The van der Waals surface area contributed by atoms with Crippen molar-refractivity contribution in [1.29, 1.82) is 0 Å². The Morgan fingerprint density at radius 1 is 0.857 bits per heavy atom. The lowest BCUT2D eigenvalue weighted by atomic mass is 10.1. The first-order valence-electron chi connectivity index (χ1n) is 9.23. The van der Waals surface area contributed by atoms with E-state index in [0.29, 0.717) is 6.54 Å². The van der Waals surface area contributed by atoms with Crippen molar-refractivity contribution in [3.63, 3.8) is 0 Å².